The zero-order chi connectivity index (χ0) is 17.8. The summed E-state index contributed by atoms with van der Waals surface area (Å²) in [6, 6.07) is 0. The van der Waals surface area contributed by atoms with E-state index in [0.29, 0.717) is 0 Å². The molecule has 1 fully saturated rings. The van der Waals surface area contributed by atoms with Gasteiger partial charge in [-0.05, 0) is 80.0 Å². The Morgan fingerprint density at radius 1 is 0.615 bits per heavy atom. The lowest BCUT2D eigenvalue weighted by Gasteiger charge is -2.18. The lowest BCUT2D eigenvalue weighted by atomic mass is 9.86. The van der Waals surface area contributed by atoms with Crippen molar-refractivity contribution < 1.29 is 0 Å². The molecule has 6 atom stereocenters. The first-order valence-corrected chi connectivity index (χ1v) is 10.8. The summed E-state index contributed by atoms with van der Waals surface area (Å²) in [5, 5.41) is 0. The second-order valence-electron chi connectivity index (χ2n) is 8.91. The average molecular weight is 347 g/mol. The van der Waals surface area contributed by atoms with Crippen molar-refractivity contribution in [3.05, 3.63) is 72.9 Å². The summed E-state index contributed by atoms with van der Waals surface area (Å²) < 4.78 is 0. The minimum atomic E-state index is 0.834. The van der Waals surface area contributed by atoms with Crippen LogP contribution in [0.5, 0.6) is 0 Å². The van der Waals surface area contributed by atoms with Gasteiger partial charge in [-0.3, -0.25) is 0 Å². The van der Waals surface area contributed by atoms with Crippen molar-refractivity contribution in [2.45, 2.75) is 45.4 Å². The zero-order valence-corrected chi connectivity index (χ0v) is 16.2. The number of fused-ring (bicyclic) bond motifs is 5. The van der Waals surface area contributed by atoms with Crippen LogP contribution in [-0.4, -0.2) is 0 Å². The molecule has 1 saturated carbocycles. The molecule has 26 heavy (non-hydrogen) atoms. The van der Waals surface area contributed by atoms with Crippen molar-refractivity contribution in [2.75, 3.05) is 0 Å². The molecule has 0 radical (unpaired) electrons. The highest BCUT2D eigenvalue weighted by Crippen LogP contribution is 2.52. The molecule has 6 aliphatic carbocycles. The maximum absolute atomic E-state index is 2.44. The SMILES string of the molecule is C1=CC2C3C=CC(C3)C2C1.C1=CCC=C1.CC1C=CC(C2CC=CC2)C1. The molecule has 0 amide bonds. The first-order valence-electron chi connectivity index (χ1n) is 10.8. The van der Waals surface area contributed by atoms with Gasteiger partial charge >= 0.3 is 0 Å². The van der Waals surface area contributed by atoms with Crippen molar-refractivity contribution in [2.24, 2.45) is 41.4 Å². The lowest BCUT2D eigenvalue weighted by molar-refractivity contribution is 0.387. The summed E-state index contributed by atoms with van der Waals surface area (Å²) in [5.74, 6) is 6.49. The summed E-state index contributed by atoms with van der Waals surface area (Å²) >= 11 is 0. The van der Waals surface area contributed by atoms with Gasteiger partial charge in [0.1, 0.15) is 0 Å². The van der Waals surface area contributed by atoms with Gasteiger partial charge in [0.25, 0.3) is 0 Å². The molecular weight excluding hydrogens is 312 g/mol. The maximum Gasteiger partial charge on any atom is -0.0133 e. The Hall–Kier alpha value is -1.56. The zero-order valence-electron chi connectivity index (χ0n) is 16.2. The van der Waals surface area contributed by atoms with Crippen LogP contribution >= 0.6 is 0 Å². The highest BCUT2D eigenvalue weighted by Gasteiger charge is 2.44. The van der Waals surface area contributed by atoms with Gasteiger partial charge < -0.3 is 0 Å². The van der Waals surface area contributed by atoms with Crippen LogP contribution in [-0.2, 0) is 0 Å². The topological polar surface area (TPSA) is 0 Å². The van der Waals surface area contributed by atoms with E-state index in [1.807, 2.05) is 0 Å². The lowest BCUT2D eigenvalue weighted by Crippen LogP contribution is -2.12. The third kappa shape index (κ3) is 4.05. The van der Waals surface area contributed by atoms with E-state index in [4.69, 9.17) is 0 Å². The molecule has 0 heteroatoms. The van der Waals surface area contributed by atoms with Crippen LogP contribution in [0.2, 0.25) is 0 Å². The second-order valence-corrected chi connectivity index (χ2v) is 8.91. The van der Waals surface area contributed by atoms with Gasteiger partial charge in [-0.2, -0.15) is 0 Å². The van der Waals surface area contributed by atoms with Gasteiger partial charge in [-0.15, -0.1) is 0 Å². The summed E-state index contributed by atoms with van der Waals surface area (Å²) in [6.07, 6.45) is 35.5. The van der Waals surface area contributed by atoms with Gasteiger partial charge in [-0.25, -0.2) is 0 Å². The van der Waals surface area contributed by atoms with E-state index in [9.17, 15) is 0 Å². The Labute approximate surface area is 160 Å². The molecule has 6 rings (SSSR count). The molecule has 2 bridgehead atoms. The molecular formula is C26H34. The fourth-order valence-electron chi connectivity index (χ4n) is 5.62. The van der Waals surface area contributed by atoms with Crippen molar-refractivity contribution in [3.63, 3.8) is 0 Å². The van der Waals surface area contributed by atoms with Crippen molar-refractivity contribution in [3.8, 4) is 0 Å². The molecule has 0 aromatic heterocycles. The van der Waals surface area contributed by atoms with Gasteiger partial charge in [-0.1, -0.05) is 79.8 Å². The van der Waals surface area contributed by atoms with Crippen LogP contribution in [0.3, 0.4) is 0 Å². The van der Waals surface area contributed by atoms with E-state index in [1.165, 1.54) is 32.1 Å². The molecule has 0 saturated heterocycles. The fourth-order valence-corrected chi connectivity index (χ4v) is 5.62. The van der Waals surface area contributed by atoms with Gasteiger partial charge in [0.15, 0.2) is 0 Å². The van der Waals surface area contributed by atoms with Crippen molar-refractivity contribution >= 4 is 0 Å². The fraction of sp³-hybridized carbons (Fsp3) is 0.538. The Morgan fingerprint density at radius 3 is 1.96 bits per heavy atom. The van der Waals surface area contributed by atoms with Crippen molar-refractivity contribution in [1.29, 1.82) is 0 Å². The van der Waals surface area contributed by atoms with Crippen LogP contribution in [0.4, 0.5) is 0 Å². The van der Waals surface area contributed by atoms with E-state index in [-0.39, 0.29) is 0 Å². The van der Waals surface area contributed by atoms with Crippen LogP contribution in [0.25, 0.3) is 0 Å². The van der Waals surface area contributed by atoms with Crippen LogP contribution in [0.1, 0.15) is 45.4 Å². The molecule has 0 aromatic rings. The minimum absolute atomic E-state index is 0.834. The van der Waals surface area contributed by atoms with E-state index < -0.39 is 0 Å². The molecule has 0 aromatic carbocycles. The highest BCUT2D eigenvalue weighted by atomic mass is 14.5. The van der Waals surface area contributed by atoms with Gasteiger partial charge in [0.05, 0.1) is 0 Å². The van der Waals surface area contributed by atoms with Crippen LogP contribution in [0.15, 0.2) is 72.9 Å². The third-order valence-corrected chi connectivity index (χ3v) is 7.09. The molecule has 6 unspecified atom stereocenters. The first kappa shape index (κ1) is 17.8. The number of rotatable bonds is 1. The van der Waals surface area contributed by atoms with Gasteiger partial charge in [0, 0.05) is 0 Å². The molecule has 0 N–H and O–H groups in total. The Balaban J connectivity index is 0.000000104. The number of hydrogen-bond donors (Lipinski definition) is 0. The van der Waals surface area contributed by atoms with E-state index in [2.05, 4.69) is 79.8 Å². The van der Waals surface area contributed by atoms with Gasteiger partial charge in [0.2, 0.25) is 0 Å². The quantitative estimate of drug-likeness (QED) is 0.446. The van der Waals surface area contributed by atoms with E-state index >= 15 is 0 Å². The second kappa shape index (κ2) is 8.42. The summed E-state index contributed by atoms with van der Waals surface area (Å²) in [4.78, 5) is 0. The van der Waals surface area contributed by atoms with E-state index in [0.717, 1.165) is 47.8 Å². The average Bonchev–Trinajstić information content (AvgIpc) is 3.51. The molecule has 0 heterocycles. The number of hydrogen-bond acceptors (Lipinski definition) is 0. The third-order valence-electron chi connectivity index (χ3n) is 7.09. The number of allylic oxidation sites excluding steroid dienone is 12. The van der Waals surface area contributed by atoms with E-state index in [1.54, 1.807) is 0 Å². The maximum atomic E-state index is 2.44. The standard InChI is InChI=1S/C11H16.C10H12.C5H6/c1-9-6-7-11(8-9)10-4-2-3-5-10;1-2-9-7-4-5-8(6-7)10(9)3-1;1-2-4-5-3-1/h2-3,6-7,9-11H,4-5,8H2,1H3;1-2,4-5,7-10H,3,6H2;1-4H,5H2. The Morgan fingerprint density at radius 2 is 1.35 bits per heavy atom. The summed E-state index contributed by atoms with van der Waals surface area (Å²) in [7, 11) is 0. The Kier molecular flexibility index (Phi) is 5.78. The van der Waals surface area contributed by atoms with Crippen molar-refractivity contribution in [1.82, 2.24) is 0 Å². The largest absolute Gasteiger partial charge is 0.0882 e. The summed E-state index contributed by atoms with van der Waals surface area (Å²) in [5.41, 5.74) is 0. The smallest absolute Gasteiger partial charge is 0.0133 e. The summed E-state index contributed by atoms with van der Waals surface area (Å²) in [6.45, 7) is 2.32. The highest BCUT2D eigenvalue weighted by molar-refractivity contribution is 5.21. The van der Waals surface area contributed by atoms with Crippen LogP contribution in [0, 0.1) is 41.4 Å². The predicted octanol–water partition coefficient (Wildman–Crippen LogP) is 7.05. The first-order chi connectivity index (χ1) is 12.8. The molecule has 0 spiro atoms. The molecule has 0 nitrogen and oxygen atoms in total. The normalized spacial score (nSPS) is 40.0. The molecule has 6 aliphatic rings. The minimum Gasteiger partial charge on any atom is -0.0882 e. The van der Waals surface area contributed by atoms with Crippen LogP contribution < -0.4 is 0 Å². The molecule has 0 aliphatic heterocycles. The predicted molar refractivity (Wildman–Crippen MR) is 113 cm³/mol. The molecule has 138 valence electrons. The monoisotopic (exact) mass is 346 g/mol. The Bertz CT molecular complexity index is 623.